The third-order valence-corrected chi connectivity index (χ3v) is 3.44. The van der Waals surface area contributed by atoms with Crippen LogP contribution in [0.1, 0.15) is 23.6 Å². The summed E-state index contributed by atoms with van der Waals surface area (Å²) in [7, 11) is 0. The van der Waals surface area contributed by atoms with Crippen molar-refractivity contribution in [3.63, 3.8) is 0 Å². The second-order valence-electron chi connectivity index (χ2n) is 3.60. The number of rotatable bonds is 4. The Kier molecular flexibility index (Phi) is 6.26. The van der Waals surface area contributed by atoms with E-state index >= 15 is 0 Å². The van der Waals surface area contributed by atoms with Crippen LogP contribution < -0.4 is 11.1 Å². The molecule has 1 aromatic rings. The molecule has 0 aliphatic heterocycles. The van der Waals surface area contributed by atoms with E-state index in [2.05, 4.69) is 17.2 Å². The van der Waals surface area contributed by atoms with Crippen LogP contribution in [0.15, 0.2) is 12.1 Å². The summed E-state index contributed by atoms with van der Waals surface area (Å²) in [5.41, 5.74) is 5.31. The van der Waals surface area contributed by atoms with Crippen LogP contribution in [0.2, 0.25) is 0 Å². The highest BCUT2D eigenvalue weighted by Crippen LogP contribution is 2.15. The van der Waals surface area contributed by atoms with Gasteiger partial charge in [-0.05, 0) is 26.0 Å². The topological polar surface area (TPSA) is 58.4 Å². The number of thiophene rings is 1. The molecule has 0 aromatic carbocycles. The van der Waals surface area contributed by atoms with Gasteiger partial charge in [0, 0.05) is 18.0 Å². The Morgan fingerprint density at radius 2 is 2.17 bits per heavy atom. The van der Waals surface area contributed by atoms with Crippen molar-refractivity contribution in [1.82, 2.24) is 10.2 Å². The number of amides is 2. The van der Waals surface area contributed by atoms with E-state index in [1.54, 1.807) is 16.2 Å². The molecule has 0 unspecified atom stereocenters. The second kappa shape index (κ2) is 7.75. The standard InChI is InChI=1S/C13H19N3OS/c1-3-16(4-2)13(17)15-10-12-8-7-11(18-12)6-5-9-14/h7-8H,3-4,9-10,14H2,1-2H3,(H,15,17). The van der Waals surface area contributed by atoms with Crippen LogP contribution in [0.5, 0.6) is 0 Å². The van der Waals surface area contributed by atoms with Gasteiger partial charge in [-0.15, -0.1) is 11.3 Å². The summed E-state index contributed by atoms with van der Waals surface area (Å²) in [6.07, 6.45) is 0. The number of urea groups is 1. The molecule has 0 fully saturated rings. The Hall–Kier alpha value is -1.51. The maximum Gasteiger partial charge on any atom is 0.317 e. The SMILES string of the molecule is CCN(CC)C(=O)NCc1ccc(C#CCN)s1. The Labute approximate surface area is 112 Å². The molecular formula is C13H19N3OS. The van der Waals surface area contributed by atoms with E-state index in [1.807, 2.05) is 26.0 Å². The first kappa shape index (κ1) is 14.6. The number of nitrogens with zero attached hydrogens (tertiary/aromatic N) is 1. The van der Waals surface area contributed by atoms with Crippen LogP contribution in [0.3, 0.4) is 0 Å². The lowest BCUT2D eigenvalue weighted by Gasteiger charge is -2.18. The van der Waals surface area contributed by atoms with Crippen LogP contribution in [0.25, 0.3) is 0 Å². The zero-order valence-corrected chi connectivity index (χ0v) is 11.6. The lowest BCUT2D eigenvalue weighted by Crippen LogP contribution is -2.39. The molecular weight excluding hydrogens is 246 g/mol. The molecule has 18 heavy (non-hydrogen) atoms. The molecule has 0 radical (unpaired) electrons. The highest BCUT2D eigenvalue weighted by atomic mass is 32.1. The van der Waals surface area contributed by atoms with Crippen LogP contribution in [0.4, 0.5) is 4.79 Å². The van der Waals surface area contributed by atoms with Crippen molar-refractivity contribution >= 4 is 17.4 Å². The van der Waals surface area contributed by atoms with Crippen LogP contribution in [-0.2, 0) is 6.54 Å². The van der Waals surface area contributed by atoms with Crippen molar-refractivity contribution < 1.29 is 4.79 Å². The van der Waals surface area contributed by atoms with E-state index < -0.39 is 0 Å². The smallest absolute Gasteiger partial charge is 0.317 e. The maximum atomic E-state index is 11.7. The molecule has 0 saturated carbocycles. The molecule has 2 amide bonds. The summed E-state index contributed by atoms with van der Waals surface area (Å²) in [6.45, 7) is 6.29. The van der Waals surface area contributed by atoms with Crippen LogP contribution >= 0.6 is 11.3 Å². The van der Waals surface area contributed by atoms with Gasteiger partial charge in [0.15, 0.2) is 0 Å². The van der Waals surface area contributed by atoms with Crippen molar-refractivity contribution in [2.24, 2.45) is 5.73 Å². The van der Waals surface area contributed by atoms with Gasteiger partial charge in [-0.3, -0.25) is 0 Å². The second-order valence-corrected chi connectivity index (χ2v) is 4.77. The summed E-state index contributed by atoms with van der Waals surface area (Å²) in [5.74, 6) is 5.79. The molecule has 0 saturated heterocycles. The van der Waals surface area contributed by atoms with Crippen LogP contribution in [0, 0.1) is 11.8 Å². The zero-order valence-electron chi connectivity index (χ0n) is 10.8. The summed E-state index contributed by atoms with van der Waals surface area (Å²) in [5, 5.41) is 2.89. The summed E-state index contributed by atoms with van der Waals surface area (Å²) in [6, 6.07) is 3.91. The maximum absolute atomic E-state index is 11.7. The predicted octanol–water partition coefficient (Wildman–Crippen LogP) is 1.61. The number of nitrogens with two attached hydrogens (primary N) is 1. The minimum absolute atomic E-state index is 0.0250. The molecule has 5 heteroatoms. The van der Waals surface area contributed by atoms with E-state index in [1.165, 1.54) is 0 Å². The Bertz CT molecular complexity index is 441. The highest BCUT2D eigenvalue weighted by molar-refractivity contribution is 7.12. The summed E-state index contributed by atoms with van der Waals surface area (Å²) in [4.78, 5) is 15.6. The van der Waals surface area contributed by atoms with E-state index in [4.69, 9.17) is 5.73 Å². The lowest BCUT2D eigenvalue weighted by molar-refractivity contribution is 0.203. The van der Waals surface area contributed by atoms with Gasteiger partial charge in [-0.25, -0.2) is 4.79 Å². The van der Waals surface area contributed by atoms with Gasteiger partial charge in [-0.2, -0.15) is 0 Å². The average Bonchev–Trinajstić information content (AvgIpc) is 2.83. The van der Waals surface area contributed by atoms with Crippen molar-refractivity contribution in [1.29, 1.82) is 0 Å². The molecule has 0 aliphatic rings. The van der Waals surface area contributed by atoms with Crippen molar-refractivity contribution in [3.05, 3.63) is 21.9 Å². The molecule has 1 rings (SSSR count). The number of carbonyl (C=O) groups excluding carboxylic acids is 1. The van der Waals surface area contributed by atoms with Crippen molar-refractivity contribution in [2.75, 3.05) is 19.6 Å². The van der Waals surface area contributed by atoms with Gasteiger partial charge in [0.2, 0.25) is 0 Å². The normalized spacial score (nSPS) is 9.50. The molecule has 0 spiro atoms. The van der Waals surface area contributed by atoms with Gasteiger partial charge in [0.1, 0.15) is 0 Å². The first-order valence-corrected chi connectivity index (χ1v) is 6.83. The zero-order chi connectivity index (χ0) is 13.4. The minimum Gasteiger partial charge on any atom is -0.333 e. The molecule has 0 bridgehead atoms. The fourth-order valence-electron chi connectivity index (χ4n) is 1.46. The van der Waals surface area contributed by atoms with Gasteiger partial charge in [0.25, 0.3) is 0 Å². The van der Waals surface area contributed by atoms with E-state index in [0.717, 1.165) is 22.8 Å². The molecule has 3 N–H and O–H groups in total. The van der Waals surface area contributed by atoms with Gasteiger partial charge >= 0.3 is 6.03 Å². The Morgan fingerprint density at radius 1 is 1.44 bits per heavy atom. The first-order valence-electron chi connectivity index (χ1n) is 6.01. The Morgan fingerprint density at radius 3 is 2.78 bits per heavy atom. The van der Waals surface area contributed by atoms with Gasteiger partial charge < -0.3 is 16.0 Å². The first-order chi connectivity index (χ1) is 8.71. The third kappa shape index (κ3) is 4.40. The molecule has 1 aromatic heterocycles. The minimum atomic E-state index is -0.0250. The van der Waals surface area contributed by atoms with Crippen LogP contribution in [-0.4, -0.2) is 30.6 Å². The lowest BCUT2D eigenvalue weighted by atomic mass is 10.4. The van der Waals surface area contributed by atoms with E-state index in [-0.39, 0.29) is 6.03 Å². The molecule has 98 valence electrons. The molecule has 0 atom stereocenters. The predicted molar refractivity (Wildman–Crippen MR) is 75.4 cm³/mol. The molecule has 1 heterocycles. The number of hydrogen-bond acceptors (Lipinski definition) is 3. The van der Waals surface area contributed by atoms with Crippen molar-refractivity contribution in [3.8, 4) is 11.8 Å². The van der Waals surface area contributed by atoms with Gasteiger partial charge in [0.05, 0.1) is 18.0 Å². The number of hydrogen-bond donors (Lipinski definition) is 2. The fraction of sp³-hybridized carbons (Fsp3) is 0.462. The van der Waals surface area contributed by atoms with Crippen molar-refractivity contribution in [2.45, 2.75) is 20.4 Å². The number of nitrogens with one attached hydrogen (secondary N) is 1. The fourth-order valence-corrected chi connectivity index (χ4v) is 2.29. The summed E-state index contributed by atoms with van der Waals surface area (Å²) >= 11 is 1.58. The highest BCUT2D eigenvalue weighted by Gasteiger charge is 2.08. The quantitative estimate of drug-likeness (QED) is 0.813. The molecule has 0 aliphatic carbocycles. The van der Waals surface area contributed by atoms with E-state index in [0.29, 0.717) is 13.1 Å². The third-order valence-electron chi connectivity index (χ3n) is 2.44. The van der Waals surface area contributed by atoms with Gasteiger partial charge in [-0.1, -0.05) is 11.8 Å². The van der Waals surface area contributed by atoms with E-state index in [9.17, 15) is 4.79 Å². The monoisotopic (exact) mass is 265 g/mol. The number of carbonyl (C=O) groups is 1. The average molecular weight is 265 g/mol. The summed E-state index contributed by atoms with van der Waals surface area (Å²) < 4.78 is 0. The molecule has 4 nitrogen and oxygen atoms in total. The largest absolute Gasteiger partial charge is 0.333 e. The Balaban J connectivity index is 2.48.